The average molecular weight is 240 g/mol. The number of aromatic nitrogens is 2. The highest BCUT2D eigenvalue weighted by Crippen LogP contribution is 2.24. The molecule has 0 saturated carbocycles. The number of methoxy groups -OCH3 is 1. The molecule has 4 nitrogen and oxygen atoms in total. The molecule has 90 valence electrons. The zero-order valence-electron chi connectivity index (χ0n) is 9.88. The second-order valence-corrected chi connectivity index (χ2v) is 3.97. The SMILES string of the molecule is COc1ccccc1-n1[nH]c(=O)c2ccccc21. The van der Waals surface area contributed by atoms with Crippen molar-refractivity contribution in [2.45, 2.75) is 0 Å². The quantitative estimate of drug-likeness (QED) is 0.747. The van der Waals surface area contributed by atoms with Crippen molar-refractivity contribution >= 4 is 10.9 Å². The van der Waals surface area contributed by atoms with E-state index in [1.165, 1.54) is 0 Å². The number of nitrogens with zero attached hydrogens (tertiary/aromatic N) is 1. The van der Waals surface area contributed by atoms with Gasteiger partial charge in [-0.2, -0.15) is 0 Å². The van der Waals surface area contributed by atoms with Crippen molar-refractivity contribution in [1.29, 1.82) is 0 Å². The molecule has 4 heteroatoms. The summed E-state index contributed by atoms with van der Waals surface area (Å²) in [5.41, 5.74) is 1.56. The minimum Gasteiger partial charge on any atom is -0.494 e. The van der Waals surface area contributed by atoms with Crippen molar-refractivity contribution in [2.75, 3.05) is 7.11 Å². The van der Waals surface area contributed by atoms with E-state index in [0.29, 0.717) is 5.39 Å². The fourth-order valence-corrected chi connectivity index (χ4v) is 2.09. The zero-order chi connectivity index (χ0) is 12.5. The predicted molar refractivity (Wildman–Crippen MR) is 70.4 cm³/mol. The molecule has 0 aliphatic carbocycles. The summed E-state index contributed by atoms with van der Waals surface area (Å²) in [6.07, 6.45) is 0. The molecule has 18 heavy (non-hydrogen) atoms. The van der Waals surface area contributed by atoms with E-state index in [1.807, 2.05) is 42.5 Å². The number of aromatic amines is 1. The van der Waals surface area contributed by atoms with Gasteiger partial charge in [0.05, 0.1) is 18.0 Å². The summed E-state index contributed by atoms with van der Waals surface area (Å²) in [4.78, 5) is 11.9. The van der Waals surface area contributed by atoms with Crippen molar-refractivity contribution < 1.29 is 4.74 Å². The van der Waals surface area contributed by atoms with E-state index in [2.05, 4.69) is 5.10 Å². The van der Waals surface area contributed by atoms with Crippen LogP contribution in [0.5, 0.6) is 5.75 Å². The Morgan fingerprint density at radius 3 is 2.61 bits per heavy atom. The average Bonchev–Trinajstić information content (AvgIpc) is 2.77. The number of hydrogen-bond donors (Lipinski definition) is 1. The van der Waals surface area contributed by atoms with Crippen molar-refractivity contribution in [2.24, 2.45) is 0 Å². The van der Waals surface area contributed by atoms with E-state index < -0.39 is 0 Å². The first kappa shape index (κ1) is 10.7. The van der Waals surface area contributed by atoms with Gasteiger partial charge in [-0.05, 0) is 24.3 Å². The van der Waals surface area contributed by atoms with E-state index in [9.17, 15) is 4.79 Å². The van der Waals surface area contributed by atoms with Crippen LogP contribution in [-0.4, -0.2) is 16.9 Å². The Labute approximate surface area is 103 Å². The first-order chi connectivity index (χ1) is 8.81. The van der Waals surface area contributed by atoms with Gasteiger partial charge in [0.1, 0.15) is 11.4 Å². The van der Waals surface area contributed by atoms with E-state index in [4.69, 9.17) is 4.74 Å². The zero-order valence-corrected chi connectivity index (χ0v) is 9.88. The fourth-order valence-electron chi connectivity index (χ4n) is 2.09. The maximum atomic E-state index is 11.9. The van der Waals surface area contributed by atoms with Gasteiger partial charge in [0.25, 0.3) is 5.56 Å². The van der Waals surface area contributed by atoms with Crippen molar-refractivity contribution in [1.82, 2.24) is 9.78 Å². The molecular weight excluding hydrogens is 228 g/mol. The van der Waals surface area contributed by atoms with Gasteiger partial charge in [-0.15, -0.1) is 0 Å². The molecule has 0 spiro atoms. The number of benzene rings is 2. The Balaban J connectivity index is 2.36. The number of ether oxygens (including phenoxy) is 1. The van der Waals surface area contributed by atoms with Crippen LogP contribution in [0.2, 0.25) is 0 Å². The van der Waals surface area contributed by atoms with Gasteiger partial charge >= 0.3 is 0 Å². The molecule has 1 aromatic heterocycles. The van der Waals surface area contributed by atoms with Crippen LogP contribution in [-0.2, 0) is 0 Å². The molecule has 0 aliphatic heterocycles. The van der Waals surface area contributed by atoms with Crippen LogP contribution >= 0.6 is 0 Å². The monoisotopic (exact) mass is 240 g/mol. The third-order valence-electron chi connectivity index (χ3n) is 2.93. The van der Waals surface area contributed by atoms with Crippen LogP contribution in [0.4, 0.5) is 0 Å². The van der Waals surface area contributed by atoms with Crippen molar-refractivity contribution in [3.63, 3.8) is 0 Å². The van der Waals surface area contributed by atoms with Crippen LogP contribution in [0, 0.1) is 0 Å². The lowest BCUT2D eigenvalue weighted by molar-refractivity contribution is 0.412. The molecule has 3 aromatic rings. The highest BCUT2D eigenvalue weighted by atomic mass is 16.5. The Morgan fingerprint density at radius 2 is 1.78 bits per heavy atom. The second-order valence-electron chi connectivity index (χ2n) is 3.97. The van der Waals surface area contributed by atoms with Crippen LogP contribution in [0.3, 0.4) is 0 Å². The third kappa shape index (κ3) is 1.50. The van der Waals surface area contributed by atoms with Crippen LogP contribution < -0.4 is 10.3 Å². The van der Waals surface area contributed by atoms with Crippen LogP contribution in [0.15, 0.2) is 53.3 Å². The van der Waals surface area contributed by atoms with Crippen LogP contribution in [0.25, 0.3) is 16.6 Å². The topological polar surface area (TPSA) is 47.0 Å². The number of rotatable bonds is 2. The smallest absolute Gasteiger partial charge is 0.272 e. The number of para-hydroxylation sites is 3. The predicted octanol–water partition coefficient (Wildman–Crippen LogP) is 2.33. The number of nitrogens with one attached hydrogen (secondary N) is 1. The summed E-state index contributed by atoms with van der Waals surface area (Å²) >= 11 is 0. The highest BCUT2D eigenvalue weighted by molar-refractivity contribution is 5.80. The lowest BCUT2D eigenvalue weighted by atomic mass is 10.2. The summed E-state index contributed by atoms with van der Waals surface area (Å²) in [5, 5.41) is 3.49. The molecule has 0 saturated heterocycles. The highest BCUT2D eigenvalue weighted by Gasteiger charge is 2.10. The summed E-state index contributed by atoms with van der Waals surface area (Å²) in [6.45, 7) is 0. The number of hydrogen-bond acceptors (Lipinski definition) is 2. The maximum absolute atomic E-state index is 11.9. The lowest BCUT2D eigenvalue weighted by Gasteiger charge is -2.09. The number of H-pyrrole nitrogens is 1. The normalized spacial score (nSPS) is 10.7. The molecule has 0 atom stereocenters. The fraction of sp³-hybridized carbons (Fsp3) is 0.0714. The van der Waals surface area contributed by atoms with Gasteiger partial charge in [0, 0.05) is 0 Å². The first-order valence-electron chi connectivity index (χ1n) is 5.64. The van der Waals surface area contributed by atoms with Gasteiger partial charge in [0.15, 0.2) is 0 Å². The van der Waals surface area contributed by atoms with Gasteiger partial charge in [-0.3, -0.25) is 9.89 Å². The molecule has 0 amide bonds. The summed E-state index contributed by atoms with van der Waals surface area (Å²) < 4.78 is 7.06. The summed E-state index contributed by atoms with van der Waals surface area (Å²) in [6, 6.07) is 15.0. The molecule has 0 bridgehead atoms. The Morgan fingerprint density at radius 1 is 1.06 bits per heavy atom. The van der Waals surface area contributed by atoms with Gasteiger partial charge in [-0.25, -0.2) is 4.68 Å². The molecule has 0 fully saturated rings. The summed E-state index contributed by atoms with van der Waals surface area (Å²) in [5.74, 6) is 0.717. The largest absolute Gasteiger partial charge is 0.494 e. The minimum absolute atomic E-state index is 0.100. The van der Waals surface area contributed by atoms with Crippen molar-refractivity contribution in [3.05, 3.63) is 58.9 Å². The van der Waals surface area contributed by atoms with E-state index in [-0.39, 0.29) is 5.56 Å². The Bertz CT molecular complexity index is 756. The molecule has 1 heterocycles. The van der Waals surface area contributed by atoms with E-state index >= 15 is 0 Å². The minimum atomic E-state index is -0.100. The van der Waals surface area contributed by atoms with Gasteiger partial charge in [-0.1, -0.05) is 24.3 Å². The molecule has 0 radical (unpaired) electrons. The Kier molecular flexibility index (Phi) is 2.41. The lowest BCUT2D eigenvalue weighted by Crippen LogP contribution is -2.05. The third-order valence-corrected chi connectivity index (χ3v) is 2.93. The standard InChI is InChI=1S/C14H12N2O2/c1-18-13-9-5-4-8-12(13)16-11-7-3-2-6-10(11)14(17)15-16/h2-9H,1H3,(H,15,17). The molecular formula is C14H12N2O2. The van der Waals surface area contributed by atoms with Crippen molar-refractivity contribution in [3.8, 4) is 11.4 Å². The molecule has 0 unspecified atom stereocenters. The van der Waals surface area contributed by atoms with Crippen LogP contribution in [0.1, 0.15) is 0 Å². The number of fused-ring (bicyclic) bond motifs is 1. The van der Waals surface area contributed by atoms with E-state index in [0.717, 1.165) is 17.0 Å². The maximum Gasteiger partial charge on any atom is 0.272 e. The van der Waals surface area contributed by atoms with E-state index in [1.54, 1.807) is 17.9 Å². The molecule has 1 N–H and O–H groups in total. The summed E-state index contributed by atoms with van der Waals surface area (Å²) in [7, 11) is 1.61. The molecule has 2 aromatic carbocycles. The molecule has 0 aliphatic rings. The molecule has 3 rings (SSSR count). The first-order valence-corrected chi connectivity index (χ1v) is 5.64. The van der Waals surface area contributed by atoms with Gasteiger partial charge < -0.3 is 4.74 Å². The van der Waals surface area contributed by atoms with Gasteiger partial charge in [0.2, 0.25) is 0 Å². The Hall–Kier alpha value is -2.49. The second kappa shape index (κ2) is 4.07.